The Hall–Kier alpha value is -1.43. The van der Waals surface area contributed by atoms with Crippen molar-refractivity contribution in [1.82, 2.24) is 13.6 Å². The number of hydrogen-bond acceptors (Lipinski definition) is 5. The van der Waals surface area contributed by atoms with Crippen LogP contribution < -0.4 is 4.74 Å². The molecule has 6 heteroatoms. The van der Waals surface area contributed by atoms with E-state index in [-0.39, 0.29) is 0 Å². The number of nitrogens with zero attached hydrogens (tertiary/aromatic N) is 3. The molecule has 1 aromatic heterocycles. The maximum absolute atomic E-state index is 5.89. The normalized spacial score (nSPS) is 15.5. The van der Waals surface area contributed by atoms with Crippen LogP contribution in [0.2, 0.25) is 5.02 Å². The van der Waals surface area contributed by atoms with Crippen LogP contribution in [0.15, 0.2) is 30.3 Å². The molecule has 1 aliphatic rings. The summed E-state index contributed by atoms with van der Waals surface area (Å²) in [5.74, 6) is 0.674. The molecule has 0 saturated carbocycles. The van der Waals surface area contributed by atoms with Gasteiger partial charge < -0.3 is 9.64 Å². The molecule has 4 nitrogen and oxygen atoms in total. The van der Waals surface area contributed by atoms with E-state index in [0.717, 1.165) is 43.1 Å². The lowest BCUT2D eigenvalue weighted by atomic mass is 10.1. The Morgan fingerprint density at radius 2 is 2.09 bits per heavy atom. The second-order valence-corrected chi connectivity index (χ2v) is 6.72. The van der Waals surface area contributed by atoms with Gasteiger partial charge in [0.1, 0.15) is 5.69 Å². The minimum Gasteiger partial charge on any atom is -0.475 e. The van der Waals surface area contributed by atoms with E-state index < -0.39 is 0 Å². The van der Waals surface area contributed by atoms with Crippen molar-refractivity contribution < 1.29 is 4.74 Å². The van der Waals surface area contributed by atoms with Crippen molar-refractivity contribution in [2.24, 2.45) is 0 Å². The van der Waals surface area contributed by atoms with E-state index in [1.165, 1.54) is 22.9 Å². The van der Waals surface area contributed by atoms with Gasteiger partial charge in [0.25, 0.3) is 5.88 Å². The summed E-state index contributed by atoms with van der Waals surface area (Å²) in [6, 6.07) is 7.96. The Morgan fingerprint density at radius 3 is 2.87 bits per heavy atom. The third-order valence-corrected chi connectivity index (χ3v) is 4.63. The highest BCUT2D eigenvalue weighted by molar-refractivity contribution is 6.99. The minimum atomic E-state index is 0.643. The molecule has 0 aliphatic carbocycles. The summed E-state index contributed by atoms with van der Waals surface area (Å²) in [6.07, 6.45) is 5.21. The lowest BCUT2D eigenvalue weighted by Crippen LogP contribution is -2.25. The molecule has 0 fully saturated rings. The van der Waals surface area contributed by atoms with Gasteiger partial charge >= 0.3 is 0 Å². The maximum Gasteiger partial charge on any atom is 0.253 e. The van der Waals surface area contributed by atoms with Crippen LogP contribution >= 0.6 is 23.3 Å². The van der Waals surface area contributed by atoms with E-state index in [0.29, 0.717) is 12.5 Å². The number of halogens is 1. The predicted molar refractivity (Wildman–Crippen MR) is 95.3 cm³/mol. The van der Waals surface area contributed by atoms with Crippen LogP contribution in [0, 0.1) is 0 Å². The fourth-order valence-corrected chi connectivity index (χ4v) is 3.29. The first kappa shape index (κ1) is 16.4. The quantitative estimate of drug-likeness (QED) is 0.741. The van der Waals surface area contributed by atoms with Crippen LogP contribution in [0.4, 0.5) is 0 Å². The lowest BCUT2D eigenvalue weighted by molar-refractivity contribution is 0.300. The number of rotatable bonds is 6. The molecule has 23 heavy (non-hydrogen) atoms. The highest BCUT2D eigenvalue weighted by Crippen LogP contribution is 2.27. The SMILES string of the molecule is CN1CCC=C(c2nsnc2OCCCc2ccc(Cl)cc2)C1. The zero-order chi connectivity index (χ0) is 16.1. The third-order valence-electron chi connectivity index (χ3n) is 3.87. The van der Waals surface area contributed by atoms with Crippen molar-refractivity contribution in [3.63, 3.8) is 0 Å². The monoisotopic (exact) mass is 349 g/mol. The van der Waals surface area contributed by atoms with E-state index in [9.17, 15) is 0 Å². The predicted octanol–water partition coefficient (Wildman–Crippen LogP) is 3.92. The summed E-state index contributed by atoms with van der Waals surface area (Å²) in [4.78, 5) is 2.29. The highest BCUT2D eigenvalue weighted by atomic mass is 35.5. The van der Waals surface area contributed by atoms with Crippen LogP contribution in [0.1, 0.15) is 24.1 Å². The molecule has 0 amide bonds. The summed E-state index contributed by atoms with van der Waals surface area (Å²) in [7, 11) is 2.12. The maximum atomic E-state index is 5.89. The van der Waals surface area contributed by atoms with E-state index in [4.69, 9.17) is 16.3 Å². The minimum absolute atomic E-state index is 0.643. The average molecular weight is 350 g/mol. The summed E-state index contributed by atoms with van der Waals surface area (Å²) < 4.78 is 14.6. The Balaban J connectivity index is 1.52. The molecule has 122 valence electrons. The van der Waals surface area contributed by atoms with Gasteiger partial charge in [-0.1, -0.05) is 29.8 Å². The first-order chi connectivity index (χ1) is 11.2. The molecule has 2 heterocycles. The molecule has 2 aromatic rings. The van der Waals surface area contributed by atoms with E-state index in [1.807, 2.05) is 12.1 Å². The molecule has 0 spiro atoms. The number of ether oxygens (including phenoxy) is 1. The number of likely N-dealkylation sites (N-methyl/N-ethyl adjacent to an activating group) is 1. The fraction of sp³-hybridized carbons (Fsp3) is 0.412. The molecule has 1 aliphatic heterocycles. The Labute approximate surface area is 146 Å². The Bertz CT molecular complexity index is 669. The zero-order valence-electron chi connectivity index (χ0n) is 13.2. The average Bonchev–Trinajstić information content (AvgIpc) is 3.02. The van der Waals surface area contributed by atoms with Gasteiger partial charge in [-0.2, -0.15) is 4.37 Å². The van der Waals surface area contributed by atoms with Gasteiger partial charge in [-0.05, 0) is 49.6 Å². The van der Waals surface area contributed by atoms with Crippen LogP contribution in [0.25, 0.3) is 5.57 Å². The smallest absolute Gasteiger partial charge is 0.253 e. The largest absolute Gasteiger partial charge is 0.475 e. The standard InChI is InChI=1S/C17H20ClN3OS/c1-21-10-2-5-14(12-21)16-17(20-23-19-16)22-11-3-4-13-6-8-15(18)9-7-13/h5-9H,2-4,10-12H2,1H3. The zero-order valence-corrected chi connectivity index (χ0v) is 14.7. The number of benzene rings is 1. The molecule has 0 N–H and O–H groups in total. The molecule has 0 atom stereocenters. The van der Waals surface area contributed by atoms with Crippen molar-refractivity contribution in [2.75, 3.05) is 26.7 Å². The number of aryl methyl sites for hydroxylation is 1. The van der Waals surface area contributed by atoms with Crippen molar-refractivity contribution in [1.29, 1.82) is 0 Å². The van der Waals surface area contributed by atoms with Gasteiger partial charge in [-0.15, -0.1) is 4.37 Å². The third kappa shape index (κ3) is 4.53. The van der Waals surface area contributed by atoms with Gasteiger partial charge in [-0.25, -0.2) is 0 Å². The first-order valence-electron chi connectivity index (χ1n) is 7.80. The Kier molecular flexibility index (Phi) is 5.65. The summed E-state index contributed by atoms with van der Waals surface area (Å²) in [5, 5.41) is 0.772. The number of aromatic nitrogens is 2. The molecule has 0 bridgehead atoms. The molecule has 0 radical (unpaired) electrons. The summed E-state index contributed by atoms with van der Waals surface area (Å²) >= 11 is 7.11. The molecule has 1 aromatic carbocycles. The van der Waals surface area contributed by atoms with Gasteiger partial charge in [0.15, 0.2) is 0 Å². The highest BCUT2D eigenvalue weighted by Gasteiger charge is 2.18. The number of hydrogen-bond donors (Lipinski definition) is 0. The van der Waals surface area contributed by atoms with Crippen molar-refractivity contribution in [3.05, 3.63) is 46.6 Å². The van der Waals surface area contributed by atoms with E-state index >= 15 is 0 Å². The second kappa shape index (κ2) is 7.90. The summed E-state index contributed by atoms with van der Waals surface area (Å²) in [6.45, 7) is 2.65. The van der Waals surface area contributed by atoms with Crippen LogP contribution in [-0.2, 0) is 6.42 Å². The lowest BCUT2D eigenvalue weighted by Gasteiger charge is -2.22. The molecule has 0 unspecified atom stereocenters. The molecule has 3 rings (SSSR count). The molecule has 0 saturated heterocycles. The van der Waals surface area contributed by atoms with Gasteiger partial charge in [0.05, 0.1) is 18.3 Å². The van der Waals surface area contributed by atoms with Crippen LogP contribution in [0.3, 0.4) is 0 Å². The van der Waals surface area contributed by atoms with Crippen LogP contribution in [0.5, 0.6) is 5.88 Å². The van der Waals surface area contributed by atoms with Crippen molar-refractivity contribution in [2.45, 2.75) is 19.3 Å². The topological polar surface area (TPSA) is 38.2 Å². The fourth-order valence-electron chi connectivity index (χ4n) is 2.63. The summed E-state index contributed by atoms with van der Waals surface area (Å²) in [5.41, 5.74) is 3.40. The first-order valence-corrected chi connectivity index (χ1v) is 8.91. The van der Waals surface area contributed by atoms with Crippen LogP contribution in [-0.4, -0.2) is 40.4 Å². The van der Waals surface area contributed by atoms with E-state index in [1.54, 1.807) is 0 Å². The van der Waals surface area contributed by atoms with Crippen molar-refractivity contribution in [3.8, 4) is 5.88 Å². The molecular weight excluding hydrogens is 330 g/mol. The van der Waals surface area contributed by atoms with Crippen molar-refractivity contribution >= 4 is 28.9 Å². The second-order valence-electron chi connectivity index (χ2n) is 5.75. The van der Waals surface area contributed by atoms with Gasteiger partial charge in [0.2, 0.25) is 0 Å². The molecular formula is C17H20ClN3OS. The van der Waals surface area contributed by atoms with Gasteiger partial charge in [-0.3, -0.25) is 0 Å². The van der Waals surface area contributed by atoms with Gasteiger partial charge in [0, 0.05) is 18.1 Å². The Morgan fingerprint density at radius 1 is 1.26 bits per heavy atom. The van der Waals surface area contributed by atoms with E-state index in [2.05, 4.69) is 38.9 Å².